The summed E-state index contributed by atoms with van der Waals surface area (Å²) in [5.41, 5.74) is 2.43. The van der Waals surface area contributed by atoms with Crippen LogP contribution in [0.1, 0.15) is 43.2 Å². The zero-order valence-electron chi connectivity index (χ0n) is 10.6. The summed E-state index contributed by atoms with van der Waals surface area (Å²) in [6.45, 7) is 3.15. The van der Waals surface area contributed by atoms with Gasteiger partial charge in [-0.3, -0.25) is 4.98 Å². The molecular formula is C14H22N2O. The van der Waals surface area contributed by atoms with Gasteiger partial charge in [0.15, 0.2) is 0 Å². The second-order valence-corrected chi connectivity index (χ2v) is 5.15. The van der Waals surface area contributed by atoms with Crippen LogP contribution >= 0.6 is 0 Å². The van der Waals surface area contributed by atoms with Gasteiger partial charge in [-0.25, -0.2) is 0 Å². The summed E-state index contributed by atoms with van der Waals surface area (Å²) in [4.78, 5) is 4.16. The predicted octanol–water partition coefficient (Wildman–Crippen LogP) is 2.17. The molecule has 3 nitrogen and oxygen atoms in total. The van der Waals surface area contributed by atoms with Crippen LogP contribution in [0.3, 0.4) is 0 Å². The Morgan fingerprint density at radius 2 is 2.12 bits per heavy atom. The molecule has 1 aliphatic rings. The largest absolute Gasteiger partial charge is 0.394 e. The topological polar surface area (TPSA) is 45.2 Å². The second kappa shape index (κ2) is 5.61. The maximum atomic E-state index is 9.61. The van der Waals surface area contributed by atoms with Gasteiger partial charge in [0.05, 0.1) is 6.61 Å². The molecule has 17 heavy (non-hydrogen) atoms. The van der Waals surface area contributed by atoms with Gasteiger partial charge in [0.2, 0.25) is 0 Å². The van der Waals surface area contributed by atoms with Crippen LogP contribution in [0.25, 0.3) is 0 Å². The normalized spacial score (nSPS) is 19.2. The molecule has 1 heterocycles. The first-order valence-corrected chi connectivity index (χ1v) is 6.51. The van der Waals surface area contributed by atoms with Gasteiger partial charge in [0.25, 0.3) is 0 Å². The first-order chi connectivity index (χ1) is 8.26. The lowest BCUT2D eigenvalue weighted by atomic mass is 9.82. The van der Waals surface area contributed by atoms with Crippen LogP contribution in [0.4, 0.5) is 0 Å². The average Bonchev–Trinajstić information content (AvgIpc) is 2.39. The lowest BCUT2D eigenvalue weighted by Crippen LogP contribution is -2.49. The van der Waals surface area contributed by atoms with Gasteiger partial charge < -0.3 is 10.4 Å². The molecule has 1 fully saturated rings. The highest BCUT2D eigenvalue weighted by Gasteiger charge is 2.30. The molecule has 3 heteroatoms. The molecule has 0 atom stereocenters. The molecule has 0 bridgehead atoms. The Labute approximate surface area is 103 Å². The van der Waals surface area contributed by atoms with Crippen LogP contribution in [0.2, 0.25) is 0 Å². The van der Waals surface area contributed by atoms with Crippen molar-refractivity contribution in [2.24, 2.45) is 0 Å². The fourth-order valence-corrected chi connectivity index (χ4v) is 2.58. The van der Waals surface area contributed by atoms with Crippen molar-refractivity contribution in [2.75, 3.05) is 6.61 Å². The molecule has 0 saturated heterocycles. The van der Waals surface area contributed by atoms with Crippen molar-refractivity contribution in [3.05, 3.63) is 29.6 Å². The van der Waals surface area contributed by atoms with Gasteiger partial charge in [-0.1, -0.05) is 19.3 Å². The zero-order valence-corrected chi connectivity index (χ0v) is 10.6. The Kier molecular flexibility index (Phi) is 4.13. The van der Waals surface area contributed by atoms with E-state index in [2.05, 4.69) is 17.2 Å². The van der Waals surface area contributed by atoms with Gasteiger partial charge in [-0.2, -0.15) is 0 Å². The maximum Gasteiger partial charge on any atom is 0.0613 e. The third-order valence-corrected chi connectivity index (χ3v) is 3.91. The summed E-state index contributed by atoms with van der Waals surface area (Å²) in [5, 5.41) is 13.2. The van der Waals surface area contributed by atoms with Crippen LogP contribution in [-0.4, -0.2) is 22.2 Å². The number of nitrogens with zero attached hydrogens (tertiary/aromatic N) is 1. The van der Waals surface area contributed by atoms with Crippen LogP contribution in [-0.2, 0) is 6.54 Å². The quantitative estimate of drug-likeness (QED) is 0.839. The molecule has 0 spiro atoms. The molecule has 2 rings (SSSR count). The fraction of sp³-hybridized carbons (Fsp3) is 0.643. The number of aliphatic hydroxyl groups excluding tert-OH is 1. The number of hydrogen-bond donors (Lipinski definition) is 2. The van der Waals surface area contributed by atoms with E-state index in [-0.39, 0.29) is 12.1 Å². The SMILES string of the molecule is Cc1ccncc1CNC1(CO)CCCCC1. The number of aliphatic hydroxyl groups is 1. The lowest BCUT2D eigenvalue weighted by molar-refractivity contribution is 0.119. The molecule has 0 amide bonds. The van der Waals surface area contributed by atoms with Crippen molar-refractivity contribution in [1.29, 1.82) is 0 Å². The Hall–Kier alpha value is -0.930. The molecule has 0 aliphatic heterocycles. The Bertz CT molecular complexity index is 359. The van der Waals surface area contributed by atoms with E-state index in [1.54, 1.807) is 0 Å². The number of pyridine rings is 1. The highest BCUT2D eigenvalue weighted by Crippen LogP contribution is 2.28. The number of rotatable bonds is 4. The molecule has 0 aromatic carbocycles. The summed E-state index contributed by atoms with van der Waals surface area (Å²) in [5.74, 6) is 0. The first kappa shape index (κ1) is 12.5. The standard InChI is InChI=1S/C14H22N2O/c1-12-5-8-15-9-13(12)10-16-14(11-17)6-3-2-4-7-14/h5,8-9,16-17H,2-4,6-7,10-11H2,1H3. The summed E-state index contributed by atoms with van der Waals surface area (Å²) >= 11 is 0. The van der Waals surface area contributed by atoms with Gasteiger partial charge >= 0.3 is 0 Å². The minimum absolute atomic E-state index is 0.0550. The van der Waals surface area contributed by atoms with Crippen molar-refractivity contribution in [2.45, 2.75) is 51.1 Å². The third-order valence-electron chi connectivity index (χ3n) is 3.91. The molecule has 94 valence electrons. The van der Waals surface area contributed by atoms with E-state index in [9.17, 15) is 5.11 Å². The summed E-state index contributed by atoms with van der Waals surface area (Å²) in [7, 11) is 0. The molecule has 0 radical (unpaired) electrons. The fourth-order valence-electron chi connectivity index (χ4n) is 2.58. The van der Waals surface area contributed by atoms with Crippen molar-refractivity contribution < 1.29 is 5.11 Å². The van der Waals surface area contributed by atoms with E-state index in [1.165, 1.54) is 30.4 Å². The van der Waals surface area contributed by atoms with Gasteiger partial charge in [0.1, 0.15) is 0 Å². The summed E-state index contributed by atoms with van der Waals surface area (Å²) < 4.78 is 0. The molecule has 0 unspecified atom stereocenters. The van der Waals surface area contributed by atoms with Crippen molar-refractivity contribution in [3.63, 3.8) is 0 Å². The molecule has 1 aromatic rings. The van der Waals surface area contributed by atoms with E-state index >= 15 is 0 Å². The number of aryl methyl sites for hydroxylation is 1. The van der Waals surface area contributed by atoms with Crippen LogP contribution in [0.15, 0.2) is 18.5 Å². The minimum atomic E-state index is -0.0550. The summed E-state index contributed by atoms with van der Waals surface area (Å²) in [6, 6.07) is 2.03. The molecule has 1 aromatic heterocycles. The Balaban J connectivity index is 1.98. The van der Waals surface area contributed by atoms with Crippen LogP contribution in [0, 0.1) is 6.92 Å². The number of aromatic nitrogens is 1. The molecule has 1 aliphatic carbocycles. The van der Waals surface area contributed by atoms with E-state index in [0.717, 1.165) is 19.4 Å². The molecule has 1 saturated carbocycles. The van der Waals surface area contributed by atoms with Gasteiger partial charge in [-0.05, 0) is 37.0 Å². The lowest BCUT2D eigenvalue weighted by Gasteiger charge is -2.36. The Morgan fingerprint density at radius 3 is 2.76 bits per heavy atom. The van der Waals surface area contributed by atoms with E-state index in [0.29, 0.717) is 0 Å². The van der Waals surface area contributed by atoms with Crippen LogP contribution in [0.5, 0.6) is 0 Å². The van der Waals surface area contributed by atoms with Crippen LogP contribution < -0.4 is 5.32 Å². The monoisotopic (exact) mass is 234 g/mol. The highest BCUT2D eigenvalue weighted by molar-refractivity contribution is 5.21. The number of nitrogens with one attached hydrogen (secondary N) is 1. The Morgan fingerprint density at radius 1 is 1.35 bits per heavy atom. The third kappa shape index (κ3) is 3.05. The minimum Gasteiger partial charge on any atom is -0.394 e. The summed E-state index contributed by atoms with van der Waals surface area (Å²) in [6.07, 6.45) is 9.65. The number of hydrogen-bond acceptors (Lipinski definition) is 3. The van der Waals surface area contributed by atoms with Gasteiger partial charge in [0, 0.05) is 24.5 Å². The second-order valence-electron chi connectivity index (χ2n) is 5.15. The highest BCUT2D eigenvalue weighted by atomic mass is 16.3. The van der Waals surface area contributed by atoms with Crippen molar-refractivity contribution >= 4 is 0 Å². The van der Waals surface area contributed by atoms with Crippen molar-refractivity contribution in [1.82, 2.24) is 10.3 Å². The average molecular weight is 234 g/mol. The van der Waals surface area contributed by atoms with Gasteiger partial charge in [-0.15, -0.1) is 0 Å². The van der Waals surface area contributed by atoms with E-state index < -0.39 is 0 Å². The maximum absolute atomic E-state index is 9.61. The van der Waals surface area contributed by atoms with E-state index in [4.69, 9.17) is 0 Å². The van der Waals surface area contributed by atoms with Crippen molar-refractivity contribution in [3.8, 4) is 0 Å². The first-order valence-electron chi connectivity index (χ1n) is 6.51. The zero-order chi connectivity index (χ0) is 12.1. The smallest absolute Gasteiger partial charge is 0.0613 e. The molecular weight excluding hydrogens is 212 g/mol. The predicted molar refractivity (Wildman–Crippen MR) is 68.7 cm³/mol. The molecule has 2 N–H and O–H groups in total. The van der Waals surface area contributed by atoms with E-state index in [1.807, 2.05) is 18.5 Å².